The molecule has 1 N–H and O–H groups in total. The van der Waals surface area contributed by atoms with E-state index in [2.05, 4.69) is 12.2 Å². The van der Waals surface area contributed by atoms with Crippen molar-refractivity contribution in [3.05, 3.63) is 17.7 Å². The fourth-order valence-electron chi connectivity index (χ4n) is 2.06. The number of benzene rings is 1. The van der Waals surface area contributed by atoms with Gasteiger partial charge in [-0.15, -0.1) is 0 Å². The van der Waals surface area contributed by atoms with E-state index >= 15 is 0 Å². The summed E-state index contributed by atoms with van der Waals surface area (Å²) in [5.41, 5.74) is 1.05. The zero-order valence-electron chi connectivity index (χ0n) is 13.0. The minimum Gasteiger partial charge on any atom is -0.493 e. The zero-order valence-corrected chi connectivity index (χ0v) is 13.0. The third-order valence-corrected chi connectivity index (χ3v) is 3.03. The Morgan fingerprint density at radius 3 is 2.00 bits per heavy atom. The van der Waals surface area contributed by atoms with Crippen molar-refractivity contribution in [1.29, 1.82) is 0 Å². The SMILES string of the molecule is CCNC(COCC)c1cc(OC)c(OC)c(OC)c1. The van der Waals surface area contributed by atoms with Gasteiger partial charge in [-0.3, -0.25) is 0 Å². The first-order valence-corrected chi connectivity index (χ1v) is 6.82. The van der Waals surface area contributed by atoms with Crippen molar-refractivity contribution in [2.24, 2.45) is 0 Å². The Morgan fingerprint density at radius 1 is 1.00 bits per heavy atom. The summed E-state index contributed by atoms with van der Waals surface area (Å²) in [5.74, 6) is 1.91. The fraction of sp³-hybridized carbons (Fsp3) is 0.600. The van der Waals surface area contributed by atoms with Gasteiger partial charge in [0.1, 0.15) is 0 Å². The maximum Gasteiger partial charge on any atom is 0.203 e. The molecule has 0 aliphatic heterocycles. The second-order valence-electron chi connectivity index (χ2n) is 4.23. The van der Waals surface area contributed by atoms with Gasteiger partial charge in [-0.25, -0.2) is 0 Å². The summed E-state index contributed by atoms with van der Waals surface area (Å²) >= 11 is 0. The van der Waals surface area contributed by atoms with E-state index in [1.54, 1.807) is 21.3 Å². The molecule has 1 unspecified atom stereocenters. The van der Waals surface area contributed by atoms with Crippen LogP contribution in [0.3, 0.4) is 0 Å². The molecule has 0 bridgehead atoms. The Hall–Kier alpha value is -1.46. The van der Waals surface area contributed by atoms with Crippen molar-refractivity contribution < 1.29 is 18.9 Å². The summed E-state index contributed by atoms with van der Waals surface area (Å²) in [6.07, 6.45) is 0. The first-order valence-electron chi connectivity index (χ1n) is 6.82. The Bertz CT molecular complexity index is 384. The highest BCUT2D eigenvalue weighted by molar-refractivity contribution is 5.54. The topological polar surface area (TPSA) is 49.0 Å². The molecule has 5 heteroatoms. The van der Waals surface area contributed by atoms with Gasteiger partial charge < -0.3 is 24.3 Å². The molecule has 0 aromatic heterocycles. The van der Waals surface area contributed by atoms with Crippen LogP contribution in [0, 0.1) is 0 Å². The molecule has 0 aliphatic rings. The van der Waals surface area contributed by atoms with E-state index in [-0.39, 0.29) is 6.04 Å². The number of rotatable bonds is 9. The number of likely N-dealkylation sites (N-methyl/N-ethyl adjacent to an activating group) is 1. The average molecular weight is 283 g/mol. The van der Waals surface area contributed by atoms with Crippen molar-refractivity contribution in [1.82, 2.24) is 5.32 Å². The largest absolute Gasteiger partial charge is 0.493 e. The maximum absolute atomic E-state index is 5.53. The van der Waals surface area contributed by atoms with Crippen LogP contribution in [0.25, 0.3) is 0 Å². The van der Waals surface area contributed by atoms with Crippen molar-refractivity contribution in [3.63, 3.8) is 0 Å². The molecule has 0 heterocycles. The maximum atomic E-state index is 5.53. The predicted octanol–water partition coefficient (Wildman–Crippen LogP) is 2.40. The predicted molar refractivity (Wildman–Crippen MR) is 79.0 cm³/mol. The molecule has 0 saturated carbocycles. The van der Waals surface area contributed by atoms with Gasteiger partial charge in [0, 0.05) is 6.61 Å². The van der Waals surface area contributed by atoms with Crippen LogP contribution in [0.5, 0.6) is 17.2 Å². The standard InChI is InChI=1S/C15H25NO4/c1-6-16-12(10-20-7-2)11-8-13(17-3)15(19-5)14(9-11)18-4/h8-9,12,16H,6-7,10H2,1-5H3. The minimum absolute atomic E-state index is 0.0913. The summed E-state index contributed by atoms with van der Waals surface area (Å²) in [6, 6.07) is 4.00. The van der Waals surface area contributed by atoms with Gasteiger partial charge >= 0.3 is 0 Å². The van der Waals surface area contributed by atoms with Crippen molar-refractivity contribution in [3.8, 4) is 17.2 Å². The molecule has 1 rings (SSSR count). The number of ether oxygens (including phenoxy) is 4. The number of nitrogens with one attached hydrogen (secondary N) is 1. The molecule has 1 atom stereocenters. The number of methoxy groups -OCH3 is 3. The van der Waals surface area contributed by atoms with Gasteiger partial charge in [0.2, 0.25) is 5.75 Å². The average Bonchev–Trinajstić information content (AvgIpc) is 2.49. The second kappa shape index (κ2) is 8.66. The van der Waals surface area contributed by atoms with E-state index in [1.165, 1.54) is 0 Å². The van der Waals surface area contributed by atoms with Crippen LogP contribution >= 0.6 is 0 Å². The van der Waals surface area contributed by atoms with Crippen LogP contribution in [0.4, 0.5) is 0 Å². The van der Waals surface area contributed by atoms with E-state index in [0.717, 1.165) is 12.1 Å². The van der Waals surface area contributed by atoms with Crippen LogP contribution in [-0.4, -0.2) is 41.1 Å². The highest BCUT2D eigenvalue weighted by Gasteiger charge is 2.18. The van der Waals surface area contributed by atoms with Gasteiger partial charge in [-0.2, -0.15) is 0 Å². The first-order chi connectivity index (χ1) is 9.71. The van der Waals surface area contributed by atoms with Crippen molar-refractivity contribution in [2.45, 2.75) is 19.9 Å². The molecule has 114 valence electrons. The lowest BCUT2D eigenvalue weighted by molar-refractivity contribution is 0.123. The summed E-state index contributed by atoms with van der Waals surface area (Å²) in [7, 11) is 4.83. The van der Waals surface area contributed by atoms with Crippen LogP contribution in [0.1, 0.15) is 25.5 Å². The Labute approximate surface area is 121 Å². The third kappa shape index (κ3) is 4.02. The number of hydrogen-bond donors (Lipinski definition) is 1. The molecule has 20 heavy (non-hydrogen) atoms. The van der Waals surface area contributed by atoms with Crippen molar-refractivity contribution >= 4 is 0 Å². The van der Waals surface area contributed by atoms with E-state index < -0.39 is 0 Å². The molecule has 0 saturated heterocycles. The van der Waals surface area contributed by atoms with Crippen LogP contribution in [-0.2, 0) is 4.74 Å². The summed E-state index contributed by atoms with van der Waals surface area (Å²) in [5, 5.41) is 3.40. The Kier molecular flexibility index (Phi) is 7.18. The zero-order chi connectivity index (χ0) is 15.0. The molecular formula is C15H25NO4. The van der Waals surface area contributed by atoms with Crippen LogP contribution in [0.2, 0.25) is 0 Å². The minimum atomic E-state index is 0.0913. The van der Waals surface area contributed by atoms with Gasteiger partial charge in [-0.1, -0.05) is 6.92 Å². The van der Waals surface area contributed by atoms with Gasteiger partial charge in [0.15, 0.2) is 11.5 Å². The van der Waals surface area contributed by atoms with Crippen LogP contribution in [0.15, 0.2) is 12.1 Å². The monoisotopic (exact) mass is 283 g/mol. The van der Waals surface area contributed by atoms with E-state index in [1.807, 2.05) is 19.1 Å². The highest BCUT2D eigenvalue weighted by atomic mass is 16.5. The summed E-state index contributed by atoms with van der Waals surface area (Å²) in [6.45, 7) is 6.19. The molecule has 1 aromatic rings. The van der Waals surface area contributed by atoms with Gasteiger partial charge in [-0.05, 0) is 31.2 Å². The van der Waals surface area contributed by atoms with E-state index in [9.17, 15) is 0 Å². The lowest BCUT2D eigenvalue weighted by Gasteiger charge is -2.21. The normalized spacial score (nSPS) is 12.1. The molecule has 0 amide bonds. The Morgan fingerprint density at radius 2 is 1.60 bits per heavy atom. The summed E-state index contributed by atoms with van der Waals surface area (Å²) in [4.78, 5) is 0. The van der Waals surface area contributed by atoms with Crippen LogP contribution < -0.4 is 19.5 Å². The van der Waals surface area contributed by atoms with E-state index in [0.29, 0.717) is 30.5 Å². The Balaban J connectivity index is 3.13. The van der Waals surface area contributed by atoms with Gasteiger partial charge in [0.05, 0.1) is 34.0 Å². The fourth-order valence-corrected chi connectivity index (χ4v) is 2.06. The molecular weight excluding hydrogens is 258 g/mol. The molecule has 0 radical (unpaired) electrons. The second-order valence-corrected chi connectivity index (χ2v) is 4.23. The first kappa shape index (κ1) is 16.6. The number of hydrogen-bond acceptors (Lipinski definition) is 5. The highest BCUT2D eigenvalue weighted by Crippen LogP contribution is 2.39. The molecule has 5 nitrogen and oxygen atoms in total. The van der Waals surface area contributed by atoms with Gasteiger partial charge in [0.25, 0.3) is 0 Å². The lowest BCUT2D eigenvalue weighted by atomic mass is 10.1. The molecule has 1 aromatic carbocycles. The third-order valence-electron chi connectivity index (χ3n) is 3.03. The van der Waals surface area contributed by atoms with Crippen molar-refractivity contribution in [2.75, 3.05) is 41.1 Å². The van der Waals surface area contributed by atoms with E-state index in [4.69, 9.17) is 18.9 Å². The lowest BCUT2D eigenvalue weighted by Crippen LogP contribution is -2.25. The summed E-state index contributed by atoms with van der Waals surface area (Å²) < 4.78 is 21.6. The molecule has 0 fully saturated rings. The molecule has 0 aliphatic carbocycles. The molecule has 0 spiro atoms. The quantitative estimate of drug-likeness (QED) is 0.754. The smallest absolute Gasteiger partial charge is 0.203 e.